The van der Waals surface area contributed by atoms with Crippen molar-refractivity contribution in [3.63, 3.8) is 0 Å². The van der Waals surface area contributed by atoms with Crippen molar-refractivity contribution in [1.29, 1.82) is 0 Å². The van der Waals surface area contributed by atoms with Crippen LogP contribution in [0.15, 0.2) is 45.9 Å². The predicted molar refractivity (Wildman–Crippen MR) is 70.9 cm³/mol. The molecule has 4 aromatic rings. The number of benzene rings is 1. The van der Waals surface area contributed by atoms with Gasteiger partial charge in [0.1, 0.15) is 5.82 Å². The highest BCUT2D eigenvalue weighted by Crippen LogP contribution is 2.23. The van der Waals surface area contributed by atoms with E-state index in [1.807, 2.05) is 0 Å². The van der Waals surface area contributed by atoms with Crippen molar-refractivity contribution < 1.29 is 9.15 Å². The van der Waals surface area contributed by atoms with E-state index in [0.717, 1.165) is 11.1 Å². The molecule has 4 rings (SSSR count). The Bertz CT molecular complexity index is 924. The van der Waals surface area contributed by atoms with E-state index < -0.39 is 5.76 Å². The number of rotatable bonds is 1. The maximum Gasteiger partial charge on any atom is 0.417 e. The molecule has 0 bridgehead atoms. The summed E-state index contributed by atoms with van der Waals surface area (Å²) >= 11 is 0. The lowest BCUT2D eigenvalue weighted by atomic mass is 10.2. The Kier molecular flexibility index (Phi) is 2.00. The Morgan fingerprint density at radius 2 is 1.95 bits per heavy atom. The number of hydrogen-bond donors (Lipinski definition) is 2. The number of imidazole rings is 1. The molecular weight excluding hydrogens is 260 g/mol. The minimum absolute atomic E-state index is 0.464. The lowest BCUT2D eigenvalue weighted by molar-refractivity contribution is -0.605. The molecule has 3 heterocycles. The lowest BCUT2D eigenvalue weighted by Gasteiger charge is -1.96. The minimum Gasteiger partial charge on any atom is -0.619 e. The van der Waals surface area contributed by atoms with Crippen molar-refractivity contribution in [3.8, 4) is 11.4 Å². The molecule has 0 fully saturated rings. The Morgan fingerprint density at radius 1 is 1.15 bits per heavy atom. The molecule has 0 aliphatic heterocycles. The first kappa shape index (κ1) is 10.8. The van der Waals surface area contributed by atoms with Gasteiger partial charge in [-0.3, -0.25) is 4.98 Å². The zero-order chi connectivity index (χ0) is 13.7. The average Bonchev–Trinajstić information content (AvgIpc) is 2.97. The molecule has 0 amide bonds. The van der Waals surface area contributed by atoms with Gasteiger partial charge in [-0.1, -0.05) is 0 Å². The smallest absolute Gasteiger partial charge is 0.417 e. The molecule has 0 aliphatic rings. The Balaban J connectivity index is 1.93. The van der Waals surface area contributed by atoms with Crippen LogP contribution in [0.5, 0.6) is 0 Å². The number of nitrogens with one attached hydrogen (secondary N) is 2. The fourth-order valence-corrected chi connectivity index (χ4v) is 2.16. The summed E-state index contributed by atoms with van der Waals surface area (Å²) in [5.74, 6) is 0.159. The zero-order valence-corrected chi connectivity index (χ0v) is 10.1. The number of pyridine rings is 1. The van der Waals surface area contributed by atoms with Gasteiger partial charge >= 0.3 is 5.76 Å². The van der Waals surface area contributed by atoms with Crippen molar-refractivity contribution in [3.05, 3.63) is 52.4 Å². The van der Waals surface area contributed by atoms with E-state index in [0.29, 0.717) is 27.2 Å². The summed E-state index contributed by atoms with van der Waals surface area (Å²) in [7, 11) is 0. The molecular formula is C13H8N4O3. The molecule has 2 N–H and O–H groups in total. The van der Waals surface area contributed by atoms with Crippen LogP contribution < -0.4 is 10.5 Å². The molecule has 0 radical (unpaired) electrons. The van der Waals surface area contributed by atoms with Crippen molar-refractivity contribution in [2.45, 2.75) is 0 Å². The number of H-pyrrole nitrogens is 2. The molecule has 0 saturated heterocycles. The van der Waals surface area contributed by atoms with Crippen LogP contribution >= 0.6 is 0 Å². The number of nitrogens with zero attached hydrogens (tertiary/aromatic N) is 2. The van der Waals surface area contributed by atoms with Gasteiger partial charge in [0.2, 0.25) is 0 Å². The predicted octanol–water partition coefficient (Wildman–Crippen LogP) is 1.30. The Morgan fingerprint density at radius 3 is 2.75 bits per heavy atom. The van der Waals surface area contributed by atoms with Crippen molar-refractivity contribution in [2.24, 2.45) is 0 Å². The highest BCUT2D eigenvalue weighted by atomic mass is 16.5. The van der Waals surface area contributed by atoms with Gasteiger partial charge in [0.25, 0.3) is 0 Å². The third kappa shape index (κ3) is 1.57. The number of fused-ring (bicyclic) bond motifs is 2. The molecule has 7 nitrogen and oxygen atoms in total. The maximum absolute atomic E-state index is 11.1. The molecule has 98 valence electrons. The van der Waals surface area contributed by atoms with Crippen LogP contribution in [0.2, 0.25) is 0 Å². The largest absolute Gasteiger partial charge is 0.619 e. The summed E-state index contributed by atoms with van der Waals surface area (Å²) < 4.78 is 5.71. The van der Waals surface area contributed by atoms with Crippen molar-refractivity contribution in [2.75, 3.05) is 0 Å². The highest BCUT2D eigenvalue weighted by molar-refractivity contribution is 5.91. The van der Waals surface area contributed by atoms with Crippen LogP contribution in [0.25, 0.3) is 33.5 Å². The van der Waals surface area contributed by atoms with Gasteiger partial charge in [0, 0.05) is 23.8 Å². The minimum atomic E-state index is -0.490. The Labute approximate surface area is 111 Å². The quantitative estimate of drug-likeness (QED) is 0.401. The molecule has 0 atom stereocenters. The molecule has 0 unspecified atom stereocenters. The van der Waals surface area contributed by atoms with Gasteiger partial charge in [0.05, 0.1) is 16.6 Å². The average molecular weight is 268 g/mol. The van der Waals surface area contributed by atoms with Crippen LogP contribution in [0.4, 0.5) is 0 Å². The maximum atomic E-state index is 11.1. The van der Waals surface area contributed by atoms with Crippen LogP contribution in [0.1, 0.15) is 0 Å². The highest BCUT2D eigenvalue weighted by Gasteiger charge is 2.09. The summed E-state index contributed by atoms with van der Waals surface area (Å²) in [4.78, 5) is 21.3. The van der Waals surface area contributed by atoms with Crippen LogP contribution in [0, 0.1) is 5.21 Å². The van der Waals surface area contributed by atoms with E-state index in [4.69, 9.17) is 4.42 Å². The first-order valence-electron chi connectivity index (χ1n) is 5.91. The third-order valence-corrected chi connectivity index (χ3v) is 3.10. The number of oxazole rings is 1. The summed E-state index contributed by atoms with van der Waals surface area (Å²) in [6, 6.07) is 6.81. The number of aromatic amines is 2. The fourth-order valence-electron chi connectivity index (χ4n) is 2.16. The van der Waals surface area contributed by atoms with Gasteiger partial charge in [-0.05, 0) is 6.07 Å². The second-order valence-electron chi connectivity index (χ2n) is 4.41. The molecule has 20 heavy (non-hydrogen) atoms. The zero-order valence-electron chi connectivity index (χ0n) is 10.1. The second-order valence-corrected chi connectivity index (χ2v) is 4.41. The normalized spacial score (nSPS) is 11.4. The SMILES string of the molecule is O=c1[nH]c2cc3[nH]c(-c4cc[n+]([O-])cc4)nc3cc2o1. The van der Waals surface area contributed by atoms with Gasteiger partial charge in [-0.15, -0.1) is 0 Å². The molecule has 0 saturated carbocycles. The first-order chi connectivity index (χ1) is 9.69. The summed E-state index contributed by atoms with van der Waals surface area (Å²) in [6.07, 6.45) is 2.82. The first-order valence-corrected chi connectivity index (χ1v) is 5.91. The van der Waals surface area contributed by atoms with Crippen LogP contribution in [-0.2, 0) is 0 Å². The topological polar surface area (TPSA) is 102 Å². The lowest BCUT2D eigenvalue weighted by Crippen LogP contribution is -2.23. The molecule has 1 aromatic carbocycles. The third-order valence-electron chi connectivity index (χ3n) is 3.10. The fraction of sp³-hybridized carbons (Fsp3) is 0. The molecule has 7 heteroatoms. The van der Waals surface area contributed by atoms with Gasteiger partial charge in [-0.25, -0.2) is 9.78 Å². The van der Waals surface area contributed by atoms with E-state index in [1.165, 1.54) is 12.4 Å². The van der Waals surface area contributed by atoms with E-state index >= 15 is 0 Å². The summed E-state index contributed by atoms with van der Waals surface area (Å²) in [5.41, 5.74) is 3.35. The van der Waals surface area contributed by atoms with Crippen LogP contribution in [-0.4, -0.2) is 15.0 Å². The molecule has 0 spiro atoms. The van der Waals surface area contributed by atoms with E-state index in [2.05, 4.69) is 15.0 Å². The monoisotopic (exact) mass is 268 g/mol. The number of aromatic nitrogens is 4. The Hall–Kier alpha value is -3.09. The molecule has 3 aromatic heterocycles. The van der Waals surface area contributed by atoms with Crippen molar-refractivity contribution in [1.82, 2.24) is 15.0 Å². The summed E-state index contributed by atoms with van der Waals surface area (Å²) in [6.45, 7) is 0. The second kappa shape index (κ2) is 3.70. The standard InChI is InChI=1S/C13H8N4O3/c18-13-16-10-5-8-9(6-11(10)20-13)15-12(14-8)7-1-3-17(19)4-2-7/h1-6H,(H,14,15)(H,16,18). The van der Waals surface area contributed by atoms with Gasteiger partial charge < -0.3 is 14.6 Å². The summed E-state index contributed by atoms with van der Waals surface area (Å²) in [5, 5.41) is 11.0. The van der Waals surface area contributed by atoms with E-state index in [-0.39, 0.29) is 0 Å². The van der Waals surface area contributed by atoms with E-state index in [9.17, 15) is 10.0 Å². The van der Waals surface area contributed by atoms with Gasteiger partial charge in [-0.2, -0.15) is 4.73 Å². The van der Waals surface area contributed by atoms with Crippen molar-refractivity contribution >= 4 is 22.1 Å². The molecule has 0 aliphatic carbocycles. The van der Waals surface area contributed by atoms with E-state index in [1.54, 1.807) is 24.3 Å². The van der Waals surface area contributed by atoms with Crippen LogP contribution in [0.3, 0.4) is 0 Å². The number of hydrogen-bond acceptors (Lipinski definition) is 4. The van der Waals surface area contributed by atoms with Gasteiger partial charge in [0.15, 0.2) is 18.0 Å².